The molecule has 0 spiro atoms. The molecule has 5 heteroatoms. The quantitative estimate of drug-likeness (QED) is 0.933. The van der Waals surface area contributed by atoms with Gasteiger partial charge >= 0.3 is 0 Å². The smallest absolute Gasteiger partial charge is 0.222 e. The van der Waals surface area contributed by atoms with E-state index in [-0.39, 0.29) is 0 Å². The summed E-state index contributed by atoms with van der Waals surface area (Å²) in [5.74, 6) is 1.35. The van der Waals surface area contributed by atoms with E-state index in [1.54, 1.807) is 12.4 Å². The molecular weight excluding hydrogens is 316 g/mol. The maximum atomic E-state index is 4.19. The molecule has 1 atom stereocenters. The number of benzene rings is 1. The van der Waals surface area contributed by atoms with Crippen molar-refractivity contribution >= 4 is 27.6 Å². The fraction of sp³-hybridized carbons (Fsp3) is 0.333. The Morgan fingerprint density at radius 1 is 1.25 bits per heavy atom. The number of hydrogen-bond donors (Lipinski definition) is 1. The topological polar surface area (TPSA) is 41.0 Å². The molecule has 1 aliphatic heterocycles. The lowest BCUT2D eigenvalue weighted by molar-refractivity contribution is 0.619. The van der Waals surface area contributed by atoms with Crippen molar-refractivity contribution in [1.29, 1.82) is 0 Å². The molecule has 0 amide bonds. The van der Waals surface area contributed by atoms with E-state index >= 15 is 0 Å². The highest BCUT2D eigenvalue weighted by atomic mass is 79.9. The Bertz CT molecular complexity index is 561. The molecule has 4 nitrogen and oxygen atoms in total. The van der Waals surface area contributed by atoms with Crippen molar-refractivity contribution in [3.05, 3.63) is 47.2 Å². The third-order valence-electron chi connectivity index (χ3n) is 3.57. The summed E-state index contributed by atoms with van der Waals surface area (Å²) in [6.45, 7) is 3.11. The second kappa shape index (κ2) is 6.22. The van der Waals surface area contributed by atoms with Gasteiger partial charge in [-0.15, -0.1) is 0 Å². The lowest BCUT2D eigenvalue weighted by Crippen LogP contribution is -2.22. The zero-order valence-corrected chi connectivity index (χ0v) is 12.8. The fourth-order valence-corrected chi connectivity index (χ4v) is 2.92. The highest BCUT2D eigenvalue weighted by Gasteiger charge is 2.22. The van der Waals surface area contributed by atoms with Crippen molar-refractivity contribution in [1.82, 2.24) is 9.97 Å². The lowest BCUT2D eigenvalue weighted by Gasteiger charge is -2.19. The Labute approximate surface area is 127 Å². The van der Waals surface area contributed by atoms with Crippen LogP contribution in [-0.2, 0) is 0 Å². The summed E-state index contributed by atoms with van der Waals surface area (Å²) >= 11 is 3.53. The van der Waals surface area contributed by atoms with Gasteiger partial charge in [0, 0.05) is 42.2 Å². The van der Waals surface area contributed by atoms with Crippen LogP contribution in [0, 0.1) is 5.92 Å². The Morgan fingerprint density at radius 3 is 2.90 bits per heavy atom. The van der Waals surface area contributed by atoms with Crippen LogP contribution in [0.3, 0.4) is 0 Å². The third-order valence-corrected chi connectivity index (χ3v) is 4.07. The normalized spacial score (nSPS) is 18.2. The van der Waals surface area contributed by atoms with Crippen LogP contribution in [0.15, 0.2) is 47.2 Å². The second-order valence-electron chi connectivity index (χ2n) is 5.03. The molecule has 0 aliphatic carbocycles. The summed E-state index contributed by atoms with van der Waals surface area (Å²) in [5.41, 5.74) is 1.29. The van der Waals surface area contributed by atoms with Crippen molar-refractivity contribution in [2.45, 2.75) is 6.42 Å². The molecule has 0 unspecified atom stereocenters. The summed E-state index contributed by atoms with van der Waals surface area (Å²) in [7, 11) is 0. The van der Waals surface area contributed by atoms with Crippen LogP contribution in [0.2, 0.25) is 0 Å². The standard InChI is InChI=1S/C15H17BrN4/c16-13-3-1-4-14(9-13)20-8-5-12(11-20)10-19-15-17-6-2-7-18-15/h1-4,6-7,9,12H,5,8,10-11H2,(H,17,18,19)/t12-/m1/s1. The maximum Gasteiger partial charge on any atom is 0.222 e. The van der Waals surface area contributed by atoms with E-state index in [0.717, 1.165) is 24.1 Å². The summed E-state index contributed by atoms with van der Waals surface area (Å²) < 4.78 is 1.13. The minimum atomic E-state index is 0.637. The average molecular weight is 333 g/mol. The SMILES string of the molecule is Brc1cccc(N2CC[C@H](CNc3ncccn3)C2)c1. The van der Waals surface area contributed by atoms with Gasteiger partial charge in [0.2, 0.25) is 5.95 Å². The van der Waals surface area contributed by atoms with Gasteiger partial charge in [-0.2, -0.15) is 0 Å². The Balaban J connectivity index is 1.55. The molecule has 1 aromatic carbocycles. The lowest BCUT2D eigenvalue weighted by atomic mass is 10.1. The highest BCUT2D eigenvalue weighted by molar-refractivity contribution is 9.10. The fourth-order valence-electron chi connectivity index (χ4n) is 2.53. The van der Waals surface area contributed by atoms with Gasteiger partial charge in [0.15, 0.2) is 0 Å². The third kappa shape index (κ3) is 3.28. The first-order chi connectivity index (χ1) is 9.81. The van der Waals surface area contributed by atoms with Crippen molar-refractivity contribution in [3.63, 3.8) is 0 Å². The zero-order chi connectivity index (χ0) is 13.8. The first-order valence-corrected chi connectivity index (χ1v) is 7.62. The molecule has 2 heterocycles. The number of hydrogen-bond acceptors (Lipinski definition) is 4. The van der Waals surface area contributed by atoms with E-state index in [4.69, 9.17) is 0 Å². The Kier molecular flexibility index (Phi) is 4.16. The minimum Gasteiger partial charge on any atom is -0.371 e. The molecule has 2 aromatic rings. The number of anilines is 2. The molecule has 1 fully saturated rings. The average Bonchev–Trinajstić information content (AvgIpc) is 2.95. The first kappa shape index (κ1) is 13.4. The molecule has 0 saturated carbocycles. The molecular formula is C15H17BrN4. The van der Waals surface area contributed by atoms with E-state index in [0.29, 0.717) is 11.9 Å². The zero-order valence-electron chi connectivity index (χ0n) is 11.2. The summed E-state index contributed by atoms with van der Waals surface area (Å²) in [6, 6.07) is 10.3. The van der Waals surface area contributed by atoms with Crippen LogP contribution in [-0.4, -0.2) is 29.6 Å². The molecule has 0 bridgehead atoms. The number of nitrogens with one attached hydrogen (secondary N) is 1. The van der Waals surface area contributed by atoms with Gasteiger partial charge < -0.3 is 10.2 Å². The van der Waals surface area contributed by atoms with Crippen LogP contribution in [0.25, 0.3) is 0 Å². The van der Waals surface area contributed by atoms with Crippen molar-refractivity contribution in [2.24, 2.45) is 5.92 Å². The number of nitrogens with zero attached hydrogens (tertiary/aromatic N) is 3. The summed E-state index contributed by atoms with van der Waals surface area (Å²) in [4.78, 5) is 10.8. The van der Waals surface area contributed by atoms with E-state index < -0.39 is 0 Å². The number of rotatable bonds is 4. The van der Waals surface area contributed by atoms with Crippen molar-refractivity contribution in [2.75, 3.05) is 29.9 Å². The van der Waals surface area contributed by atoms with Gasteiger partial charge in [0.05, 0.1) is 0 Å². The molecule has 0 radical (unpaired) electrons. The van der Waals surface area contributed by atoms with Crippen molar-refractivity contribution in [3.8, 4) is 0 Å². The van der Waals surface area contributed by atoms with Crippen LogP contribution >= 0.6 is 15.9 Å². The minimum absolute atomic E-state index is 0.637. The van der Waals surface area contributed by atoms with Gasteiger partial charge in [-0.05, 0) is 36.6 Å². The Hall–Kier alpha value is -1.62. The van der Waals surface area contributed by atoms with E-state index in [9.17, 15) is 0 Å². The van der Waals surface area contributed by atoms with Gasteiger partial charge in [-0.3, -0.25) is 0 Å². The van der Waals surface area contributed by atoms with E-state index in [1.807, 2.05) is 6.07 Å². The second-order valence-corrected chi connectivity index (χ2v) is 5.95. The molecule has 20 heavy (non-hydrogen) atoms. The monoisotopic (exact) mass is 332 g/mol. The van der Waals surface area contributed by atoms with Crippen LogP contribution in [0.5, 0.6) is 0 Å². The molecule has 1 saturated heterocycles. The summed E-state index contributed by atoms with van der Waals surface area (Å²) in [6.07, 6.45) is 4.72. The molecule has 1 aromatic heterocycles. The molecule has 1 aliphatic rings. The van der Waals surface area contributed by atoms with Gasteiger partial charge in [0.1, 0.15) is 0 Å². The largest absolute Gasteiger partial charge is 0.371 e. The Morgan fingerprint density at radius 2 is 2.10 bits per heavy atom. The predicted molar refractivity (Wildman–Crippen MR) is 85.0 cm³/mol. The summed E-state index contributed by atoms with van der Waals surface area (Å²) in [5, 5.41) is 3.31. The van der Waals surface area contributed by atoms with E-state index in [2.05, 4.69) is 60.4 Å². The maximum absolute atomic E-state index is 4.19. The van der Waals surface area contributed by atoms with E-state index in [1.165, 1.54) is 12.1 Å². The number of aromatic nitrogens is 2. The first-order valence-electron chi connectivity index (χ1n) is 6.82. The van der Waals surface area contributed by atoms with Crippen LogP contribution < -0.4 is 10.2 Å². The van der Waals surface area contributed by atoms with Crippen molar-refractivity contribution < 1.29 is 0 Å². The highest BCUT2D eigenvalue weighted by Crippen LogP contribution is 2.26. The van der Waals surface area contributed by atoms with Crippen LogP contribution in [0.1, 0.15) is 6.42 Å². The number of halogens is 1. The molecule has 1 N–H and O–H groups in total. The van der Waals surface area contributed by atoms with Gasteiger partial charge in [-0.1, -0.05) is 22.0 Å². The van der Waals surface area contributed by atoms with Gasteiger partial charge in [0.25, 0.3) is 0 Å². The molecule has 104 valence electrons. The molecule has 3 rings (SSSR count). The predicted octanol–water partition coefficient (Wildman–Crippen LogP) is 3.18. The van der Waals surface area contributed by atoms with Crippen LogP contribution in [0.4, 0.5) is 11.6 Å². The van der Waals surface area contributed by atoms with Gasteiger partial charge in [-0.25, -0.2) is 9.97 Å².